The fourth-order valence-electron chi connectivity index (χ4n) is 2.34. The molecule has 0 fully saturated rings. The maximum absolute atomic E-state index is 12.0. The molecular weight excluding hydrogens is 446 g/mol. The molecule has 9 heteroatoms. The van der Waals surface area contributed by atoms with E-state index in [4.69, 9.17) is 23.7 Å². The van der Waals surface area contributed by atoms with Crippen LogP contribution in [0.1, 0.15) is 5.56 Å². The van der Waals surface area contributed by atoms with E-state index in [-0.39, 0.29) is 13.2 Å². The van der Waals surface area contributed by atoms with Gasteiger partial charge in [-0.15, -0.1) is 0 Å². The number of methoxy groups -OCH3 is 3. The summed E-state index contributed by atoms with van der Waals surface area (Å²) in [5.74, 6) is 0.969. The average Bonchev–Trinajstić information content (AvgIpc) is 2.75. The van der Waals surface area contributed by atoms with Crippen LogP contribution in [-0.4, -0.2) is 46.4 Å². The normalized spacial score (nSPS) is 10.1. The predicted molar refractivity (Wildman–Crippen MR) is 109 cm³/mol. The summed E-state index contributed by atoms with van der Waals surface area (Å²) < 4.78 is 26.9. The van der Waals surface area contributed by atoms with Crippen LogP contribution >= 0.6 is 15.9 Å². The molecule has 2 aromatic carbocycles. The van der Waals surface area contributed by atoms with Gasteiger partial charge in [0.15, 0.2) is 24.7 Å². The highest BCUT2D eigenvalue weighted by atomic mass is 79.9. The van der Waals surface area contributed by atoms with Crippen molar-refractivity contribution in [3.8, 4) is 23.0 Å². The van der Waals surface area contributed by atoms with Gasteiger partial charge in [0.25, 0.3) is 5.91 Å². The highest BCUT2D eigenvalue weighted by Crippen LogP contribution is 2.34. The van der Waals surface area contributed by atoms with Crippen LogP contribution in [0.5, 0.6) is 23.0 Å². The number of hydrogen-bond acceptors (Lipinski definition) is 7. The highest BCUT2D eigenvalue weighted by Gasteiger charge is 2.14. The Kier molecular flexibility index (Phi) is 8.60. The van der Waals surface area contributed by atoms with E-state index in [0.29, 0.717) is 28.6 Å². The van der Waals surface area contributed by atoms with E-state index in [2.05, 4.69) is 21.2 Å². The van der Waals surface area contributed by atoms with Crippen LogP contribution in [0.2, 0.25) is 0 Å². The molecule has 156 valence electrons. The largest absolute Gasteiger partial charge is 0.496 e. The lowest BCUT2D eigenvalue weighted by Crippen LogP contribution is -2.29. The van der Waals surface area contributed by atoms with Gasteiger partial charge < -0.3 is 29.0 Å². The number of hydrogen-bond donors (Lipinski definition) is 1. The number of ether oxygens (including phenoxy) is 5. The zero-order valence-corrected chi connectivity index (χ0v) is 17.9. The summed E-state index contributed by atoms with van der Waals surface area (Å²) in [7, 11) is 4.55. The number of esters is 1. The number of carbonyl (C=O) groups excluding carboxylic acids is 2. The monoisotopic (exact) mass is 467 g/mol. The van der Waals surface area contributed by atoms with Gasteiger partial charge in [0.05, 0.1) is 21.3 Å². The zero-order valence-electron chi connectivity index (χ0n) is 16.3. The molecule has 0 saturated heterocycles. The van der Waals surface area contributed by atoms with E-state index in [0.717, 1.165) is 4.47 Å². The molecule has 0 aromatic heterocycles. The van der Waals surface area contributed by atoms with Crippen LogP contribution in [0.25, 0.3) is 0 Å². The first-order valence-corrected chi connectivity index (χ1v) is 9.35. The second-order valence-electron chi connectivity index (χ2n) is 5.70. The van der Waals surface area contributed by atoms with Crippen molar-refractivity contribution in [3.05, 3.63) is 46.4 Å². The minimum Gasteiger partial charge on any atom is -0.496 e. The van der Waals surface area contributed by atoms with Crippen LogP contribution < -0.4 is 24.3 Å². The first-order chi connectivity index (χ1) is 14.0. The molecule has 0 atom stereocenters. The van der Waals surface area contributed by atoms with Gasteiger partial charge >= 0.3 is 5.97 Å². The molecule has 8 nitrogen and oxygen atoms in total. The van der Waals surface area contributed by atoms with Crippen molar-refractivity contribution >= 4 is 27.8 Å². The molecule has 2 rings (SSSR count). The van der Waals surface area contributed by atoms with E-state index >= 15 is 0 Å². The molecule has 29 heavy (non-hydrogen) atoms. The van der Waals surface area contributed by atoms with E-state index in [9.17, 15) is 9.59 Å². The van der Waals surface area contributed by atoms with E-state index < -0.39 is 18.5 Å². The Labute approximate surface area is 177 Å². The Morgan fingerprint density at radius 2 is 1.52 bits per heavy atom. The number of benzene rings is 2. The molecule has 0 saturated carbocycles. The minimum atomic E-state index is -0.647. The number of amides is 1. The van der Waals surface area contributed by atoms with Crippen molar-refractivity contribution in [2.45, 2.75) is 6.54 Å². The summed E-state index contributed by atoms with van der Waals surface area (Å²) in [6.07, 6.45) is 0. The van der Waals surface area contributed by atoms with Crippen LogP contribution in [0.15, 0.2) is 40.9 Å². The van der Waals surface area contributed by atoms with Crippen molar-refractivity contribution in [1.29, 1.82) is 0 Å². The summed E-state index contributed by atoms with van der Waals surface area (Å²) in [5.41, 5.74) is 0.684. The number of nitrogens with one attached hydrogen (secondary N) is 1. The topological polar surface area (TPSA) is 92.3 Å². The SMILES string of the molecule is COc1cc(OC)c(OC)cc1CNC(=O)COC(=O)COc1ccc(Br)cc1. The lowest BCUT2D eigenvalue weighted by Gasteiger charge is -2.14. The standard InChI is InChI=1S/C20H22BrNO7/c1-25-16-9-18(27-3)17(26-2)8-13(16)10-22-19(23)11-29-20(24)12-28-15-6-4-14(21)5-7-15/h4-9H,10-12H2,1-3H3,(H,22,23). The van der Waals surface area contributed by atoms with Gasteiger partial charge in [-0.25, -0.2) is 4.79 Å². The highest BCUT2D eigenvalue weighted by molar-refractivity contribution is 9.10. The predicted octanol–water partition coefficient (Wildman–Crippen LogP) is 2.71. The number of carbonyl (C=O) groups is 2. The van der Waals surface area contributed by atoms with Crippen molar-refractivity contribution in [2.24, 2.45) is 0 Å². The maximum atomic E-state index is 12.0. The molecule has 0 heterocycles. The summed E-state index contributed by atoms with van der Waals surface area (Å²) in [4.78, 5) is 23.7. The van der Waals surface area contributed by atoms with Crippen LogP contribution in [0.4, 0.5) is 0 Å². The lowest BCUT2D eigenvalue weighted by atomic mass is 10.1. The lowest BCUT2D eigenvalue weighted by molar-refractivity contribution is -0.150. The third-order valence-electron chi connectivity index (χ3n) is 3.80. The Hall–Kier alpha value is -2.94. The first-order valence-electron chi connectivity index (χ1n) is 8.56. The molecule has 0 unspecified atom stereocenters. The molecule has 1 N–H and O–H groups in total. The molecule has 0 radical (unpaired) electrons. The fraction of sp³-hybridized carbons (Fsp3) is 0.300. The summed E-state index contributed by atoms with van der Waals surface area (Å²) in [6.45, 7) is -0.550. The Morgan fingerprint density at radius 3 is 2.14 bits per heavy atom. The third-order valence-corrected chi connectivity index (χ3v) is 4.33. The molecule has 0 aliphatic heterocycles. The number of rotatable bonds is 10. The minimum absolute atomic E-state index is 0.162. The van der Waals surface area contributed by atoms with Crippen molar-refractivity contribution in [2.75, 3.05) is 34.5 Å². The Balaban J connectivity index is 1.80. The first kappa shape index (κ1) is 22.4. The van der Waals surface area contributed by atoms with Crippen LogP contribution in [0, 0.1) is 0 Å². The quantitative estimate of drug-likeness (QED) is 0.536. The Morgan fingerprint density at radius 1 is 0.897 bits per heavy atom. The summed E-state index contributed by atoms with van der Waals surface area (Å²) in [6, 6.07) is 10.4. The van der Waals surface area contributed by atoms with Gasteiger partial charge in [-0.1, -0.05) is 15.9 Å². The van der Waals surface area contributed by atoms with Gasteiger partial charge in [-0.2, -0.15) is 0 Å². The second kappa shape index (κ2) is 11.2. The van der Waals surface area contributed by atoms with E-state index in [1.165, 1.54) is 21.3 Å². The summed E-state index contributed by atoms with van der Waals surface area (Å²) >= 11 is 3.31. The molecule has 0 aliphatic rings. The smallest absolute Gasteiger partial charge is 0.344 e. The molecule has 0 aliphatic carbocycles. The molecule has 0 spiro atoms. The average molecular weight is 468 g/mol. The fourth-order valence-corrected chi connectivity index (χ4v) is 2.60. The van der Waals surface area contributed by atoms with Crippen LogP contribution in [-0.2, 0) is 20.9 Å². The van der Waals surface area contributed by atoms with Crippen molar-refractivity contribution in [3.63, 3.8) is 0 Å². The maximum Gasteiger partial charge on any atom is 0.344 e. The molecule has 0 bridgehead atoms. The van der Waals surface area contributed by atoms with Crippen molar-refractivity contribution < 1.29 is 33.3 Å². The summed E-state index contributed by atoms with van der Waals surface area (Å²) in [5, 5.41) is 2.66. The zero-order chi connectivity index (χ0) is 21.2. The number of halogens is 1. The molecular formula is C20H22BrNO7. The van der Waals surface area contributed by atoms with E-state index in [1.807, 2.05) is 0 Å². The van der Waals surface area contributed by atoms with Gasteiger partial charge in [0.1, 0.15) is 11.5 Å². The van der Waals surface area contributed by atoms with Gasteiger partial charge in [0, 0.05) is 22.6 Å². The van der Waals surface area contributed by atoms with Crippen LogP contribution in [0.3, 0.4) is 0 Å². The van der Waals surface area contributed by atoms with Gasteiger partial charge in [0.2, 0.25) is 0 Å². The van der Waals surface area contributed by atoms with Crippen molar-refractivity contribution in [1.82, 2.24) is 5.32 Å². The Bertz CT molecular complexity index is 839. The molecule has 1 amide bonds. The second-order valence-corrected chi connectivity index (χ2v) is 6.61. The third kappa shape index (κ3) is 6.86. The van der Waals surface area contributed by atoms with Gasteiger partial charge in [-0.3, -0.25) is 4.79 Å². The molecule has 2 aromatic rings. The van der Waals surface area contributed by atoms with Gasteiger partial charge in [-0.05, 0) is 30.3 Å². The van der Waals surface area contributed by atoms with E-state index in [1.54, 1.807) is 36.4 Å².